The average molecular weight is 327 g/mol. The third-order valence-corrected chi connectivity index (χ3v) is 4.65. The van der Waals surface area contributed by atoms with Crippen LogP contribution in [0.1, 0.15) is 67.8 Å². The topological polar surface area (TPSA) is 74.8 Å². The zero-order valence-electron chi connectivity index (χ0n) is 14.6. The molecule has 3 heterocycles. The molecular weight excluding hydrogens is 302 g/mol. The van der Waals surface area contributed by atoms with Crippen molar-refractivity contribution >= 4 is 5.91 Å². The minimum atomic E-state index is 0.00777. The van der Waals surface area contributed by atoms with E-state index in [1.165, 1.54) is 0 Å². The first-order chi connectivity index (χ1) is 11.6. The molecule has 0 bridgehead atoms. The van der Waals surface area contributed by atoms with Gasteiger partial charge in [0.2, 0.25) is 5.91 Å². The fourth-order valence-corrected chi connectivity index (χ4v) is 3.17. The number of carbonyl (C=O) groups is 1. The van der Waals surface area contributed by atoms with Gasteiger partial charge in [-0.05, 0) is 43.4 Å². The molecule has 0 aliphatic carbocycles. The van der Waals surface area contributed by atoms with Crippen LogP contribution >= 0.6 is 0 Å². The van der Waals surface area contributed by atoms with E-state index < -0.39 is 0 Å². The lowest BCUT2D eigenvalue weighted by Crippen LogP contribution is -2.40. The highest BCUT2D eigenvalue weighted by molar-refractivity contribution is 5.79. The van der Waals surface area contributed by atoms with Gasteiger partial charge in [-0.15, -0.1) is 0 Å². The molecule has 2 aromatic rings. The smallest absolute Gasteiger partial charge is 0.227 e. The van der Waals surface area contributed by atoms with Gasteiger partial charge in [-0.2, -0.15) is 5.10 Å². The maximum absolute atomic E-state index is 12.9. The van der Waals surface area contributed by atoms with E-state index in [2.05, 4.69) is 34.0 Å². The first-order valence-corrected chi connectivity index (χ1v) is 8.67. The monoisotopic (exact) mass is 327 g/mol. The number of H-pyrrole nitrogens is 1. The Morgan fingerprint density at radius 1 is 1.42 bits per heavy atom. The van der Waals surface area contributed by atoms with Crippen molar-refractivity contribution in [2.45, 2.75) is 58.4 Å². The Balaban J connectivity index is 1.78. The Labute approximate surface area is 142 Å². The van der Waals surface area contributed by atoms with E-state index in [1.807, 2.05) is 24.1 Å². The largest absolute Gasteiger partial charge is 0.332 e. The van der Waals surface area contributed by atoms with Crippen LogP contribution in [-0.4, -0.2) is 37.5 Å². The van der Waals surface area contributed by atoms with Gasteiger partial charge in [0.1, 0.15) is 5.82 Å². The van der Waals surface area contributed by atoms with E-state index in [0.29, 0.717) is 6.42 Å². The molecular formula is C18H25N5O. The predicted octanol–water partition coefficient (Wildman–Crippen LogP) is 2.93. The Hall–Kier alpha value is -2.24. The van der Waals surface area contributed by atoms with Gasteiger partial charge < -0.3 is 4.90 Å². The molecule has 1 N–H and O–H groups in total. The van der Waals surface area contributed by atoms with Crippen LogP contribution in [0.5, 0.6) is 0 Å². The zero-order valence-corrected chi connectivity index (χ0v) is 14.6. The number of pyridine rings is 1. The van der Waals surface area contributed by atoms with Gasteiger partial charge in [0, 0.05) is 24.9 Å². The summed E-state index contributed by atoms with van der Waals surface area (Å²) in [7, 11) is 0. The Morgan fingerprint density at radius 2 is 2.25 bits per heavy atom. The third-order valence-electron chi connectivity index (χ3n) is 4.65. The van der Waals surface area contributed by atoms with Crippen molar-refractivity contribution < 1.29 is 4.79 Å². The third kappa shape index (κ3) is 3.47. The minimum Gasteiger partial charge on any atom is -0.332 e. The fourth-order valence-electron chi connectivity index (χ4n) is 3.17. The van der Waals surface area contributed by atoms with Crippen LogP contribution in [0.25, 0.3) is 0 Å². The number of piperidine rings is 1. The van der Waals surface area contributed by atoms with Crippen molar-refractivity contribution in [2.24, 2.45) is 0 Å². The van der Waals surface area contributed by atoms with Crippen molar-refractivity contribution in [3.63, 3.8) is 0 Å². The summed E-state index contributed by atoms with van der Waals surface area (Å²) in [5, 5.41) is 7.35. The number of carbonyl (C=O) groups excluding carboxylic acids is 1. The maximum atomic E-state index is 12.9. The molecule has 0 unspecified atom stereocenters. The van der Waals surface area contributed by atoms with E-state index in [0.717, 1.165) is 48.6 Å². The van der Waals surface area contributed by atoms with Crippen LogP contribution in [0, 0.1) is 6.92 Å². The molecule has 0 spiro atoms. The normalized spacial score (nSPS) is 18.2. The van der Waals surface area contributed by atoms with E-state index in [1.54, 1.807) is 6.20 Å². The summed E-state index contributed by atoms with van der Waals surface area (Å²) in [6, 6.07) is 1.94. The Kier molecular flexibility index (Phi) is 4.92. The van der Waals surface area contributed by atoms with Gasteiger partial charge in [0.05, 0.1) is 12.5 Å². The van der Waals surface area contributed by atoms with E-state index in [-0.39, 0.29) is 17.9 Å². The van der Waals surface area contributed by atoms with E-state index >= 15 is 0 Å². The summed E-state index contributed by atoms with van der Waals surface area (Å²) >= 11 is 0. The van der Waals surface area contributed by atoms with Crippen LogP contribution in [0.4, 0.5) is 0 Å². The second-order valence-electron chi connectivity index (χ2n) is 6.81. The predicted molar refractivity (Wildman–Crippen MR) is 91.5 cm³/mol. The number of amides is 1. The molecule has 3 rings (SSSR count). The first kappa shape index (κ1) is 16.6. The lowest BCUT2D eigenvalue weighted by molar-refractivity contribution is -0.134. The van der Waals surface area contributed by atoms with Gasteiger partial charge in [0.25, 0.3) is 0 Å². The van der Waals surface area contributed by atoms with Gasteiger partial charge in [-0.1, -0.05) is 13.8 Å². The summed E-state index contributed by atoms with van der Waals surface area (Å²) in [6.07, 6.45) is 7.06. The molecule has 0 saturated carbocycles. The maximum Gasteiger partial charge on any atom is 0.227 e. The quantitative estimate of drug-likeness (QED) is 0.937. The molecule has 1 aliphatic heterocycles. The van der Waals surface area contributed by atoms with E-state index in [4.69, 9.17) is 0 Å². The number of likely N-dealkylation sites (tertiary alicyclic amines) is 1. The van der Waals surface area contributed by atoms with Gasteiger partial charge in [-0.3, -0.25) is 14.9 Å². The lowest BCUT2D eigenvalue weighted by Gasteiger charge is -2.34. The second-order valence-corrected chi connectivity index (χ2v) is 6.81. The fraction of sp³-hybridized carbons (Fsp3) is 0.556. The van der Waals surface area contributed by atoms with E-state index in [9.17, 15) is 4.79 Å². The number of aromatic amines is 1. The highest BCUT2D eigenvalue weighted by Crippen LogP contribution is 2.30. The van der Waals surface area contributed by atoms with Crippen LogP contribution in [-0.2, 0) is 11.2 Å². The molecule has 0 radical (unpaired) electrons. The van der Waals surface area contributed by atoms with Crippen molar-refractivity contribution in [1.29, 1.82) is 0 Å². The van der Waals surface area contributed by atoms with Crippen molar-refractivity contribution in [2.75, 3.05) is 6.54 Å². The molecule has 1 fully saturated rings. The SMILES string of the molecule is Cc1cnccc1CC(=O)N1CCCC[C@@H]1c1nc(C(C)C)n[nH]1. The van der Waals surface area contributed by atoms with Gasteiger partial charge in [0.15, 0.2) is 5.82 Å². The standard InChI is InChI=1S/C18H25N5O/c1-12(2)17-20-18(22-21-17)15-6-4-5-9-23(15)16(24)10-14-7-8-19-11-13(14)3/h7-8,11-12,15H,4-6,9-10H2,1-3H3,(H,20,21,22)/t15-/m1/s1. The number of hydrogen-bond donors (Lipinski definition) is 1. The number of aromatic nitrogens is 4. The molecule has 24 heavy (non-hydrogen) atoms. The van der Waals surface area contributed by atoms with Crippen LogP contribution in [0.3, 0.4) is 0 Å². The second kappa shape index (κ2) is 7.11. The Bertz CT molecular complexity index is 709. The summed E-state index contributed by atoms with van der Waals surface area (Å²) in [4.78, 5) is 23.6. The van der Waals surface area contributed by atoms with Gasteiger partial charge in [-0.25, -0.2) is 4.98 Å². The summed E-state index contributed by atoms with van der Waals surface area (Å²) in [5.41, 5.74) is 2.10. The lowest BCUT2D eigenvalue weighted by atomic mass is 9.99. The molecule has 6 nitrogen and oxygen atoms in total. The van der Waals surface area contributed by atoms with Crippen LogP contribution < -0.4 is 0 Å². The molecule has 1 amide bonds. The van der Waals surface area contributed by atoms with Crippen molar-refractivity contribution in [1.82, 2.24) is 25.1 Å². The zero-order chi connectivity index (χ0) is 17.1. The van der Waals surface area contributed by atoms with Crippen molar-refractivity contribution in [3.05, 3.63) is 41.2 Å². The number of aryl methyl sites for hydroxylation is 1. The molecule has 1 atom stereocenters. The molecule has 1 saturated heterocycles. The number of nitrogens with zero attached hydrogens (tertiary/aromatic N) is 4. The molecule has 128 valence electrons. The summed E-state index contributed by atoms with van der Waals surface area (Å²) in [6.45, 7) is 6.92. The summed E-state index contributed by atoms with van der Waals surface area (Å²) in [5.74, 6) is 2.06. The van der Waals surface area contributed by atoms with Gasteiger partial charge >= 0.3 is 0 Å². The van der Waals surface area contributed by atoms with Crippen LogP contribution in [0.15, 0.2) is 18.5 Å². The highest BCUT2D eigenvalue weighted by atomic mass is 16.2. The molecule has 2 aromatic heterocycles. The number of hydrogen-bond acceptors (Lipinski definition) is 4. The van der Waals surface area contributed by atoms with Crippen molar-refractivity contribution in [3.8, 4) is 0 Å². The molecule has 0 aromatic carbocycles. The molecule has 6 heteroatoms. The number of rotatable bonds is 4. The molecule has 1 aliphatic rings. The first-order valence-electron chi connectivity index (χ1n) is 8.67. The number of nitrogens with one attached hydrogen (secondary N) is 1. The average Bonchev–Trinajstić information content (AvgIpc) is 3.07. The Morgan fingerprint density at radius 3 is 2.96 bits per heavy atom. The highest BCUT2D eigenvalue weighted by Gasteiger charge is 2.30. The summed E-state index contributed by atoms with van der Waals surface area (Å²) < 4.78 is 0. The minimum absolute atomic E-state index is 0.00777. The van der Waals surface area contributed by atoms with Crippen LogP contribution in [0.2, 0.25) is 0 Å².